The molecule has 0 spiro atoms. The highest BCUT2D eigenvalue weighted by Crippen LogP contribution is 2.12. The number of amides is 3. The van der Waals surface area contributed by atoms with Gasteiger partial charge in [0, 0.05) is 17.9 Å². The molecule has 0 saturated heterocycles. The number of carbonyl (C=O) groups is 4. The van der Waals surface area contributed by atoms with E-state index in [0.29, 0.717) is 5.56 Å². The Morgan fingerprint density at radius 2 is 1.47 bits per heavy atom. The first kappa shape index (κ1) is 27.6. The van der Waals surface area contributed by atoms with Gasteiger partial charge in [0.15, 0.2) is 0 Å². The largest absolute Gasteiger partial charge is 0.508 e. The maximum atomic E-state index is 12.7. The van der Waals surface area contributed by atoms with Gasteiger partial charge in [0.2, 0.25) is 17.7 Å². The molecule has 0 heterocycles. The molecule has 10 nitrogen and oxygen atoms in total. The number of hydrogen-bond donors (Lipinski definition) is 8. The van der Waals surface area contributed by atoms with Crippen LogP contribution in [0.3, 0.4) is 0 Å². The van der Waals surface area contributed by atoms with E-state index in [4.69, 9.17) is 5.73 Å². The van der Waals surface area contributed by atoms with Crippen molar-refractivity contribution in [3.8, 4) is 5.75 Å². The van der Waals surface area contributed by atoms with Crippen molar-refractivity contribution < 1.29 is 29.4 Å². The monoisotopic (exact) mass is 486 g/mol. The molecule has 0 aromatic heterocycles. The number of aliphatic carboxylic acids is 1. The molecule has 0 bridgehead atoms. The molecule has 1 aromatic carbocycles. The summed E-state index contributed by atoms with van der Waals surface area (Å²) < 4.78 is 0. The van der Waals surface area contributed by atoms with Crippen molar-refractivity contribution in [2.24, 2.45) is 11.7 Å². The highest BCUT2D eigenvalue weighted by atomic mass is 32.1. The van der Waals surface area contributed by atoms with E-state index in [9.17, 15) is 29.4 Å². The molecule has 0 aliphatic heterocycles. The van der Waals surface area contributed by atoms with E-state index in [1.165, 1.54) is 12.1 Å². The number of nitrogens with one attached hydrogen (secondary N) is 3. The average molecular weight is 487 g/mol. The van der Waals surface area contributed by atoms with Crippen LogP contribution in [0, 0.1) is 5.92 Å². The number of aromatic hydroxyl groups is 1. The van der Waals surface area contributed by atoms with Gasteiger partial charge in [-0.3, -0.25) is 14.4 Å². The van der Waals surface area contributed by atoms with Gasteiger partial charge < -0.3 is 31.9 Å². The van der Waals surface area contributed by atoms with Crippen LogP contribution in [0.1, 0.15) is 19.4 Å². The van der Waals surface area contributed by atoms with E-state index in [0.717, 1.165) is 0 Å². The molecule has 1 rings (SSSR count). The molecule has 0 saturated carbocycles. The normalized spacial score (nSPS) is 14.7. The van der Waals surface area contributed by atoms with E-state index < -0.39 is 47.9 Å². The topological polar surface area (TPSA) is 171 Å². The molecule has 0 radical (unpaired) electrons. The van der Waals surface area contributed by atoms with E-state index in [-0.39, 0.29) is 29.6 Å². The van der Waals surface area contributed by atoms with Gasteiger partial charge in [-0.15, -0.1) is 0 Å². The maximum absolute atomic E-state index is 12.7. The second kappa shape index (κ2) is 13.2. The molecule has 32 heavy (non-hydrogen) atoms. The van der Waals surface area contributed by atoms with E-state index in [1.54, 1.807) is 26.0 Å². The van der Waals surface area contributed by atoms with Crippen LogP contribution in [0.4, 0.5) is 0 Å². The van der Waals surface area contributed by atoms with Crippen molar-refractivity contribution in [1.29, 1.82) is 0 Å². The van der Waals surface area contributed by atoms with Crippen molar-refractivity contribution >= 4 is 48.9 Å². The lowest BCUT2D eigenvalue weighted by Crippen LogP contribution is -2.59. The first-order chi connectivity index (χ1) is 15.0. The van der Waals surface area contributed by atoms with Crippen molar-refractivity contribution in [2.75, 3.05) is 11.5 Å². The lowest BCUT2D eigenvalue weighted by molar-refractivity contribution is -0.142. The number of phenols is 1. The molecule has 1 aromatic rings. The lowest BCUT2D eigenvalue weighted by atomic mass is 10.0. The molecular weight excluding hydrogens is 456 g/mol. The zero-order valence-corrected chi connectivity index (χ0v) is 19.6. The average Bonchev–Trinajstić information content (AvgIpc) is 2.75. The quantitative estimate of drug-likeness (QED) is 0.181. The molecule has 12 heteroatoms. The zero-order valence-electron chi connectivity index (χ0n) is 17.8. The number of benzene rings is 1. The predicted octanol–water partition coefficient (Wildman–Crippen LogP) is -0.683. The van der Waals surface area contributed by atoms with E-state index >= 15 is 0 Å². The molecule has 0 aliphatic rings. The SMILES string of the molecule is CC(C)C(NC(=O)C(N)CS)C(=O)NC(CS)C(=O)NC(Cc1ccc(O)cc1)C(=O)O. The number of carboxylic acids is 1. The van der Waals surface area contributed by atoms with Crippen LogP contribution in [0.5, 0.6) is 5.75 Å². The van der Waals surface area contributed by atoms with E-state index in [2.05, 4.69) is 41.2 Å². The minimum absolute atomic E-state index is 0.0269. The van der Waals surface area contributed by atoms with Gasteiger partial charge in [0.1, 0.15) is 23.9 Å². The summed E-state index contributed by atoms with van der Waals surface area (Å²) in [6.07, 6.45) is -0.0269. The van der Waals surface area contributed by atoms with Gasteiger partial charge in [0.05, 0.1) is 6.04 Å². The smallest absolute Gasteiger partial charge is 0.326 e. The Kier molecular flexibility index (Phi) is 11.4. The fourth-order valence-electron chi connectivity index (χ4n) is 2.67. The predicted molar refractivity (Wildman–Crippen MR) is 126 cm³/mol. The van der Waals surface area contributed by atoms with Crippen LogP contribution in [-0.4, -0.2) is 69.6 Å². The Bertz CT molecular complexity index is 806. The summed E-state index contributed by atoms with van der Waals surface area (Å²) in [4.78, 5) is 49.0. The van der Waals surface area contributed by atoms with Crippen molar-refractivity contribution in [1.82, 2.24) is 16.0 Å². The first-order valence-corrected chi connectivity index (χ1v) is 11.2. The van der Waals surface area contributed by atoms with E-state index in [1.807, 2.05) is 0 Å². The first-order valence-electron chi connectivity index (χ1n) is 9.89. The van der Waals surface area contributed by atoms with Crippen LogP contribution in [0.2, 0.25) is 0 Å². The lowest BCUT2D eigenvalue weighted by Gasteiger charge is -2.26. The summed E-state index contributed by atoms with van der Waals surface area (Å²) in [5.74, 6) is -3.46. The number of carbonyl (C=O) groups excluding carboxylic acids is 3. The summed E-state index contributed by atoms with van der Waals surface area (Å²) in [7, 11) is 0. The second-order valence-corrected chi connectivity index (χ2v) is 8.26. The van der Waals surface area contributed by atoms with Gasteiger partial charge in [-0.1, -0.05) is 26.0 Å². The third kappa shape index (κ3) is 8.60. The summed E-state index contributed by atoms with van der Waals surface area (Å²) >= 11 is 8.04. The number of thiol groups is 2. The molecular formula is C20H30N4O6S2. The summed E-state index contributed by atoms with van der Waals surface area (Å²) in [6, 6.07) is 1.65. The summed E-state index contributed by atoms with van der Waals surface area (Å²) in [5, 5.41) is 26.2. The number of phenolic OH excluding ortho intramolecular Hbond substituents is 1. The van der Waals surface area contributed by atoms with Crippen LogP contribution in [-0.2, 0) is 25.6 Å². The fraction of sp³-hybridized carbons (Fsp3) is 0.500. The molecule has 4 unspecified atom stereocenters. The molecule has 7 N–H and O–H groups in total. The van der Waals surface area contributed by atoms with Crippen LogP contribution >= 0.6 is 25.3 Å². The highest BCUT2D eigenvalue weighted by molar-refractivity contribution is 7.80. The van der Waals surface area contributed by atoms with Crippen LogP contribution in [0.25, 0.3) is 0 Å². The third-order valence-corrected chi connectivity index (χ3v) is 5.35. The molecule has 178 valence electrons. The van der Waals surface area contributed by atoms with Gasteiger partial charge in [-0.05, 0) is 23.6 Å². The Balaban J connectivity index is 2.85. The Hall–Kier alpha value is -2.44. The number of carboxylic acid groups (broad SMARTS) is 1. The number of hydrogen-bond acceptors (Lipinski definition) is 8. The summed E-state index contributed by atoms with van der Waals surface area (Å²) in [5.41, 5.74) is 6.22. The maximum Gasteiger partial charge on any atom is 0.326 e. The van der Waals surface area contributed by atoms with Crippen molar-refractivity contribution in [3.05, 3.63) is 29.8 Å². The number of rotatable bonds is 12. The minimum atomic E-state index is -1.26. The standard InChI is InChI=1S/C20H30N4O6S2/c1-10(2)16(24-17(26)13(21)8-31)19(28)23-15(9-32)18(27)22-14(20(29)30)7-11-3-5-12(25)6-4-11/h3-6,10,13-16,25,31-32H,7-9,21H2,1-2H3,(H,22,27)(H,23,28)(H,24,26)(H,29,30). The second-order valence-electron chi connectivity index (χ2n) is 7.53. The Morgan fingerprint density at radius 3 is 1.94 bits per heavy atom. The third-order valence-electron chi connectivity index (χ3n) is 4.59. The van der Waals surface area contributed by atoms with Crippen LogP contribution in [0.15, 0.2) is 24.3 Å². The van der Waals surface area contributed by atoms with Gasteiger partial charge in [0.25, 0.3) is 0 Å². The van der Waals surface area contributed by atoms with Crippen molar-refractivity contribution in [3.63, 3.8) is 0 Å². The Morgan fingerprint density at radius 1 is 0.906 bits per heavy atom. The molecule has 3 amide bonds. The molecule has 4 atom stereocenters. The highest BCUT2D eigenvalue weighted by Gasteiger charge is 2.31. The Labute approximate surface area is 197 Å². The van der Waals surface area contributed by atoms with Gasteiger partial charge in [-0.25, -0.2) is 4.79 Å². The fourth-order valence-corrected chi connectivity index (χ4v) is 3.10. The zero-order chi connectivity index (χ0) is 24.4. The van der Waals surface area contributed by atoms with Gasteiger partial charge >= 0.3 is 5.97 Å². The van der Waals surface area contributed by atoms with Crippen LogP contribution < -0.4 is 21.7 Å². The summed E-state index contributed by atoms with van der Waals surface area (Å²) in [6.45, 7) is 3.43. The van der Waals surface area contributed by atoms with Crippen molar-refractivity contribution in [2.45, 2.75) is 44.4 Å². The molecule has 0 fully saturated rings. The van der Waals surface area contributed by atoms with Gasteiger partial charge in [-0.2, -0.15) is 25.3 Å². The molecule has 0 aliphatic carbocycles. The minimum Gasteiger partial charge on any atom is -0.508 e. The number of nitrogens with two attached hydrogens (primary N) is 1.